The van der Waals surface area contributed by atoms with Crippen LogP contribution in [0.15, 0.2) is 0 Å². The van der Waals surface area contributed by atoms with Gasteiger partial charge >= 0.3 is 6.09 Å². The zero-order valence-electron chi connectivity index (χ0n) is 15.1. The number of Topliss-reactive ketones (excluding diaryl/α,β-unsaturated/α-hetero) is 1. The number of ether oxygens (including phenoxy) is 1. The molecule has 144 valence electrons. The molecule has 1 fully saturated rings. The molecule has 26 heavy (non-hydrogen) atoms. The lowest BCUT2D eigenvalue weighted by atomic mass is 9.76. The number of nitrogens with two attached hydrogens (primary N) is 2. The number of amides is 1. The fourth-order valence-corrected chi connectivity index (χ4v) is 4.81. The van der Waals surface area contributed by atoms with Gasteiger partial charge < -0.3 is 21.5 Å². The highest BCUT2D eigenvalue weighted by Gasteiger charge is 2.43. The standard InChI is InChI=1S/C17H27N5O3S/c1-25-16(24)20-7-9-22-8-5-11-12(10-22)26-15(21-11)14(23)17(19)6-3-2-4-13(17)18/h13H,2-10,18-19H2,1H3,(H,20,24). The van der Waals surface area contributed by atoms with E-state index in [1.807, 2.05) is 0 Å². The number of hydrogen-bond acceptors (Lipinski definition) is 8. The van der Waals surface area contributed by atoms with Crippen molar-refractivity contribution in [2.75, 3.05) is 26.7 Å². The highest BCUT2D eigenvalue weighted by Crippen LogP contribution is 2.32. The number of ketones is 1. The van der Waals surface area contributed by atoms with Gasteiger partial charge in [-0.1, -0.05) is 12.8 Å². The van der Waals surface area contributed by atoms with Crippen LogP contribution in [-0.2, 0) is 17.7 Å². The molecule has 1 amide bonds. The number of nitrogens with one attached hydrogen (secondary N) is 1. The molecule has 2 atom stereocenters. The van der Waals surface area contributed by atoms with Crippen molar-refractivity contribution in [1.29, 1.82) is 0 Å². The second-order valence-corrected chi connectivity index (χ2v) is 8.14. The Bertz CT molecular complexity index is 679. The Morgan fingerprint density at radius 3 is 3.00 bits per heavy atom. The van der Waals surface area contributed by atoms with Gasteiger partial charge in [0, 0.05) is 43.5 Å². The third-order valence-electron chi connectivity index (χ3n) is 5.33. The molecule has 9 heteroatoms. The smallest absolute Gasteiger partial charge is 0.406 e. The van der Waals surface area contributed by atoms with Crippen LogP contribution in [0.5, 0.6) is 0 Å². The zero-order valence-corrected chi connectivity index (χ0v) is 15.9. The Morgan fingerprint density at radius 2 is 2.27 bits per heavy atom. The third kappa shape index (κ3) is 3.90. The summed E-state index contributed by atoms with van der Waals surface area (Å²) in [6.07, 6.45) is 3.74. The fraction of sp³-hybridized carbons (Fsp3) is 0.706. The van der Waals surface area contributed by atoms with Crippen LogP contribution in [0.3, 0.4) is 0 Å². The van der Waals surface area contributed by atoms with E-state index in [1.54, 1.807) is 0 Å². The van der Waals surface area contributed by atoms with Crippen LogP contribution in [0.25, 0.3) is 0 Å². The lowest BCUT2D eigenvalue weighted by molar-refractivity contribution is 0.0822. The minimum atomic E-state index is -0.983. The first-order valence-electron chi connectivity index (χ1n) is 9.06. The molecule has 0 bridgehead atoms. The number of carbonyl (C=O) groups excluding carboxylic acids is 2. The topological polar surface area (TPSA) is 124 Å². The van der Waals surface area contributed by atoms with E-state index in [1.165, 1.54) is 18.4 Å². The van der Waals surface area contributed by atoms with E-state index in [0.717, 1.165) is 55.9 Å². The number of aromatic nitrogens is 1. The maximum Gasteiger partial charge on any atom is 0.406 e. The Balaban J connectivity index is 1.64. The predicted molar refractivity (Wildman–Crippen MR) is 99.2 cm³/mol. The molecule has 1 aliphatic heterocycles. The molecule has 8 nitrogen and oxygen atoms in total. The van der Waals surface area contributed by atoms with Gasteiger partial charge in [0.25, 0.3) is 0 Å². The van der Waals surface area contributed by atoms with Crippen molar-refractivity contribution >= 4 is 23.2 Å². The van der Waals surface area contributed by atoms with Crippen molar-refractivity contribution in [2.45, 2.75) is 50.2 Å². The van der Waals surface area contributed by atoms with Crippen LogP contribution in [0, 0.1) is 0 Å². The van der Waals surface area contributed by atoms with Gasteiger partial charge in [-0.3, -0.25) is 9.69 Å². The lowest BCUT2D eigenvalue weighted by Gasteiger charge is -2.36. The summed E-state index contributed by atoms with van der Waals surface area (Å²) in [5.41, 5.74) is 12.6. The number of hydrogen-bond donors (Lipinski definition) is 3. The molecule has 1 aromatic heterocycles. The molecule has 1 saturated carbocycles. The second kappa shape index (κ2) is 7.99. The molecule has 2 heterocycles. The van der Waals surface area contributed by atoms with Crippen molar-refractivity contribution in [3.63, 3.8) is 0 Å². The number of alkyl carbamates (subject to hydrolysis) is 1. The zero-order chi connectivity index (χ0) is 18.7. The van der Waals surface area contributed by atoms with Crippen LogP contribution in [0.1, 0.15) is 46.1 Å². The summed E-state index contributed by atoms with van der Waals surface area (Å²) >= 11 is 1.44. The Labute approximate surface area is 157 Å². The number of methoxy groups -OCH3 is 1. The molecule has 2 unspecified atom stereocenters. The molecule has 0 saturated heterocycles. The summed E-state index contributed by atoms with van der Waals surface area (Å²) in [4.78, 5) is 32.0. The molecule has 0 aromatic carbocycles. The molecule has 1 aliphatic carbocycles. The van der Waals surface area contributed by atoms with Crippen molar-refractivity contribution in [1.82, 2.24) is 15.2 Å². The van der Waals surface area contributed by atoms with Gasteiger partial charge in [0.15, 0.2) is 5.01 Å². The average molecular weight is 382 g/mol. The molecule has 0 radical (unpaired) electrons. The summed E-state index contributed by atoms with van der Waals surface area (Å²) in [6.45, 7) is 2.82. The van der Waals surface area contributed by atoms with Crippen molar-refractivity contribution in [2.24, 2.45) is 11.5 Å². The van der Waals surface area contributed by atoms with E-state index in [2.05, 4.69) is 19.9 Å². The fourth-order valence-electron chi connectivity index (χ4n) is 3.63. The van der Waals surface area contributed by atoms with E-state index < -0.39 is 11.6 Å². The number of carbonyl (C=O) groups is 2. The minimum absolute atomic E-state index is 0.108. The molecule has 3 rings (SSSR count). The van der Waals surface area contributed by atoms with Crippen molar-refractivity contribution < 1.29 is 14.3 Å². The van der Waals surface area contributed by atoms with E-state index >= 15 is 0 Å². The van der Waals surface area contributed by atoms with Crippen LogP contribution in [0.2, 0.25) is 0 Å². The molecule has 1 aromatic rings. The quantitative estimate of drug-likeness (QED) is 0.639. The maximum absolute atomic E-state index is 13.0. The highest BCUT2D eigenvalue weighted by molar-refractivity contribution is 7.13. The van der Waals surface area contributed by atoms with Gasteiger partial charge in [-0.2, -0.15) is 0 Å². The van der Waals surface area contributed by atoms with Gasteiger partial charge in [-0.15, -0.1) is 11.3 Å². The van der Waals surface area contributed by atoms with Crippen LogP contribution < -0.4 is 16.8 Å². The number of rotatable bonds is 5. The first-order valence-corrected chi connectivity index (χ1v) is 9.87. The monoisotopic (exact) mass is 381 g/mol. The Hall–Kier alpha value is -1.55. The Morgan fingerprint density at radius 1 is 1.46 bits per heavy atom. The third-order valence-corrected chi connectivity index (χ3v) is 6.41. The first-order chi connectivity index (χ1) is 12.4. The molecular weight excluding hydrogens is 354 g/mol. The van der Waals surface area contributed by atoms with Crippen molar-refractivity contribution in [3.8, 4) is 0 Å². The summed E-state index contributed by atoms with van der Waals surface area (Å²) in [5.74, 6) is -0.108. The van der Waals surface area contributed by atoms with E-state index in [-0.39, 0.29) is 11.8 Å². The molecule has 0 spiro atoms. The van der Waals surface area contributed by atoms with E-state index in [0.29, 0.717) is 18.0 Å². The van der Waals surface area contributed by atoms with Crippen LogP contribution in [0.4, 0.5) is 4.79 Å². The summed E-state index contributed by atoms with van der Waals surface area (Å²) in [6, 6.07) is -0.300. The van der Waals surface area contributed by atoms with Gasteiger partial charge in [0.05, 0.1) is 18.3 Å². The molecule has 2 aliphatic rings. The number of nitrogens with zero attached hydrogens (tertiary/aromatic N) is 2. The summed E-state index contributed by atoms with van der Waals surface area (Å²) < 4.78 is 4.57. The van der Waals surface area contributed by atoms with Gasteiger partial charge in [0.1, 0.15) is 0 Å². The van der Waals surface area contributed by atoms with Gasteiger partial charge in [0.2, 0.25) is 5.78 Å². The van der Waals surface area contributed by atoms with Crippen LogP contribution in [-0.4, -0.2) is 60.1 Å². The molecule has 5 N–H and O–H groups in total. The molecular formula is C17H27N5O3S. The minimum Gasteiger partial charge on any atom is -0.453 e. The summed E-state index contributed by atoms with van der Waals surface area (Å²) in [7, 11) is 1.35. The average Bonchev–Trinajstić information content (AvgIpc) is 3.06. The van der Waals surface area contributed by atoms with Gasteiger partial charge in [-0.05, 0) is 12.8 Å². The largest absolute Gasteiger partial charge is 0.453 e. The first kappa shape index (κ1) is 19.2. The maximum atomic E-state index is 13.0. The SMILES string of the molecule is COC(=O)NCCN1CCc2nc(C(=O)C3(N)CCCCC3N)sc2C1. The normalized spacial score (nSPS) is 26.2. The van der Waals surface area contributed by atoms with Gasteiger partial charge in [-0.25, -0.2) is 9.78 Å². The number of fused-ring (bicyclic) bond motifs is 1. The van der Waals surface area contributed by atoms with E-state index in [4.69, 9.17) is 11.5 Å². The Kier molecular flexibility index (Phi) is 5.91. The highest BCUT2D eigenvalue weighted by atomic mass is 32.1. The van der Waals surface area contributed by atoms with E-state index in [9.17, 15) is 9.59 Å². The number of thiazole rings is 1. The second-order valence-electron chi connectivity index (χ2n) is 7.06. The van der Waals surface area contributed by atoms with Crippen LogP contribution >= 0.6 is 11.3 Å². The van der Waals surface area contributed by atoms with Crippen molar-refractivity contribution in [3.05, 3.63) is 15.6 Å². The summed E-state index contributed by atoms with van der Waals surface area (Å²) in [5, 5.41) is 3.17. The predicted octanol–water partition coefficient (Wildman–Crippen LogP) is 0.639. The lowest BCUT2D eigenvalue weighted by Crippen LogP contribution is -2.62.